The zero-order chi connectivity index (χ0) is 37.3. The van der Waals surface area contributed by atoms with Crippen LogP contribution in [-0.4, -0.2) is 77.0 Å². The first kappa shape index (κ1) is 39.2. The molecule has 2 atom stereocenters. The lowest BCUT2D eigenvalue weighted by Gasteiger charge is -2.41. The van der Waals surface area contributed by atoms with Gasteiger partial charge in [-0.05, 0) is 68.6 Å². The number of hydrogen-bond donors (Lipinski definition) is 5. The maximum absolute atomic E-state index is 13.9. The highest BCUT2D eigenvalue weighted by Gasteiger charge is 2.40. The molecule has 6 N–H and O–H groups in total. The SMILES string of the molecule is N=C(N)CCCC[C@H](NC(=O)CCC1CCN(c2cc(N3CC[C@H]3C(=O)NCCc3ccc(C(F)(F)F)cc3)nc(C(F)(F)F)n2)CC1)C(=O)O. The highest BCUT2D eigenvalue weighted by Crippen LogP contribution is 2.35. The molecule has 280 valence electrons. The number of aliphatic carboxylic acids is 1. The van der Waals surface area contributed by atoms with Gasteiger partial charge in [0.15, 0.2) is 0 Å². The summed E-state index contributed by atoms with van der Waals surface area (Å²) in [5, 5.41) is 21.9. The van der Waals surface area contributed by atoms with Crippen LogP contribution in [0, 0.1) is 11.3 Å². The first-order chi connectivity index (χ1) is 24.0. The predicted octanol–water partition coefficient (Wildman–Crippen LogP) is 4.51. The maximum Gasteiger partial charge on any atom is 0.451 e. The number of amidine groups is 1. The number of anilines is 2. The van der Waals surface area contributed by atoms with Crippen LogP contribution < -0.4 is 26.2 Å². The Morgan fingerprint density at radius 2 is 1.61 bits per heavy atom. The van der Waals surface area contributed by atoms with Crippen molar-refractivity contribution in [1.29, 1.82) is 5.41 Å². The van der Waals surface area contributed by atoms with E-state index in [1.807, 2.05) is 0 Å². The van der Waals surface area contributed by atoms with E-state index in [4.69, 9.17) is 11.1 Å². The van der Waals surface area contributed by atoms with Crippen molar-refractivity contribution in [2.75, 3.05) is 36.0 Å². The average Bonchev–Trinajstić information content (AvgIpc) is 3.04. The maximum atomic E-state index is 13.9. The molecule has 4 rings (SSSR count). The Morgan fingerprint density at radius 3 is 2.18 bits per heavy atom. The van der Waals surface area contributed by atoms with Gasteiger partial charge in [0.25, 0.3) is 0 Å². The second-order valence-corrected chi connectivity index (χ2v) is 12.8. The van der Waals surface area contributed by atoms with E-state index in [1.54, 1.807) is 4.90 Å². The van der Waals surface area contributed by atoms with Gasteiger partial charge >= 0.3 is 18.3 Å². The van der Waals surface area contributed by atoms with Crippen LogP contribution in [0.25, 0.3) is 0 Å². The summed E-state index contributed by atoms with van der Waals surface area (Å²) < 4.78 is 80.1. The number of piperidine rings is 1. The number of amides is 2. The fourth-order valence-electron chi connectivity index (χ4n) is 6.07. The zero-order valence-corrected chi connectivity index (χ0v) is 27.8. The molecule has 18 heteroatoms. The molecule has 51 heavy (non-hydrogen) atoms. The van der Waals surface area contributed by atoms with E-state index in [1.165, 1.54) is 23.1 Å². The van der Waals surface area contributed by atoms with Crippen LogP contribution >= 0.6 is 0 Å². The second-order valence-electron chi connectivity index (χ2n) is 12.8. The number of unbranched alkanes of at least 4 members (excludes halogenated alkanes) is 1. The van der Waals surface area contributed by atoms with E-state index in [9.17, 15) is 45.8 Å². The van der Waals surface area contributed by atoms with Crippen molar-refractivity contribution in [2.45, 2.75) is 88.6 Å². The Kier molecular flexibility index (Phi) is 13.1. The van der Waals surface area contributed by atoms with Gasteiger partial charge in [0, 0.05) is 45.1 Å². The molecule has 2 saturated heterocycles. The summed E-state index contributed by atoms with van der Waals surface area (Å²) in [5.41, 5.74) is 5.11. The number of hydrogen-bond acceptors (Lipinski definition) is 8. The van der Waals surface area contributed by atoms with E-state index in [0.29, 0.717) is 63.6 Å². The van der Waals surface area contributed by atoms with E-state index in [2.05, 4.69) is 20.6 Å². The van der Waals surface area contributed by atoms with Gasteiger partial charge in [-0.1, -0.05) is 18.6 Å². The number of carboxylic acids is 1. The van der Waals surface area contributed by atoms with E-state index < -0.39 is 53.6 Å². The molecule has 1 aromatic heterocycles. The molecule has 0 aliphatic carbocycles. The molecule has 0 radical (unpaired) electrons. The summed E-state index contributed by atoms with van der Waals surface area (Å²) >= 11 is 0. The lowest BCUT2D eigenvalue weighted by atomic mass is 9.92. The largest absolute Gasteiger partial charge is 0.480 e. The summed E-state index contributed by atoms with van der Waals surface area (Å²) in [6, 6.07) is 4.16. The lowest BCUT2D eigenvalue weighted by Crippen LogP contribution is -2.57. The number of benzene rings is 1. The average molecular weight is 729 g/mol. The highest BCUT2D eigenvalue weighted by molar-refractivity contribution is 5.87. The summed E-state index contributed by atoms with van der Waals surface area (Å²) in [6.45, 7) is 1.13. The number of carbonyl (C=O) groups excluding carboxylic acids is 2. The molecule has 2 amide bonds. The Balaban J connectivity index is 1.29. The molecule has 0 bridgehead atoms. The van der Waals surface area contributed by atoms with Crippen molar-refractivity contribution in [3.05, 3.63) is 47.3 Å². The minimum Gasteiger partial charge on any atom is -0.480 e. The topological polar surface area (TPSA) is 178 Å². The molecule has 0 spiro atoms. The summed E-state index contributed by atoms with van der Waals surface area (Å²) in [6.07, 6.45) is -5.38. The van der Waals surface area contributed by atoms with Gasteiger partial charge in [-0.2, -0.15) is 26.3 Å². The van der Waals surface area contributed by atoms with Gasteiger partial charge in [-0.15, -0.1) is 0 Å². The van der Waals surface area contributed by atoms with Crippen LogP contribution in [0.4, 0.5) is 38.0 Å². The fourth-order valence-corrected chi connectivity index (χ4v) is 6.07. The first-order valence-corrected chi connectivity index (χ1v) is 16.8. The van der Waals surface area contributed by atoms with Gasteiger partial charge in [0.1, 0.15) is 23.7 Å². The highest BCUT2D eigenvalue weighted by atomic mass is 19.4. The molecule has 3 heterocycles. The monoisotopic (exact) mass is 728 g/mol. The van der Waals surface area contributed by atoms with Gasteiger partial charge in [0.05, 0.1) is 11.4 Å². The smallest absolute Gasteiger partial charge is 0.451 e. The molecule has 2 fully saturated rings. The minimum absolute atomic E-state index is 0.0131. The van der Waals surface area contributed by atoms with Crippen LogP contribution in [-0.2, 0) is 33.2 Å². The van der Waals surface area contributed by atoms with Crippen LogP contribution in [0.15, 0.2) is 30.3 Å². The molecule has 2 aliphatic rings. The van der Waals surface area contributed by atoms with Crippen molar-refractivity contribution < 1.29 is 45.8 Å². The molecule has 0 saturated carbocycles. The second kappa shape index (κ2) is 17.0. The number of alkyl halides is 6. The van der Waals surface area contributed by atoms with Crippen LogP contribution in [0.5, 0.6) is 0 Å². The predicted molar refractivity (Wildman–Crippen MR) is 175 cm³/mol. The number of carboxylic acid groups (broad SMARTS) is 1. The lowest BCUT2D eigenvalue weighted by molar-refractivity contribution is -0.145. The number of halogens is 6. The van der Waals surface area contributed by atoms with Crippen LogP contribution in [0.3, 0.4) is 0 Å². The molecule has 0 unspecified atom stereocenters. The van der Waals surface area contributed by atoms with Gasteiger partial charge in [-0.25, -0.2) is 14.8 Å². The summed E-state index contributed by atoms with van der Waals surface area (Å²) in [4.78, 5) is 47.7. The third kappa shape index (κ3) is 11.4. The number of nitrogens with zero attached hydrogens (tertiary/aromatic N) is 4. The number of nitrogens with two attached hydrogens (primary N) is 1. The van der Waals surface area contributed by atoms with E-state index in [0.717, 1.165) is 12.1 Å². The molecule has 2 aliphatic heterocycles. The number of rotatable bonds is 16. The van der Waals surface area contributed by atoms with Crippen molar-refractivity contribution in [3.8, 4) is 0 Å². The van der Waals surface area contributed by atoms with Crippen molar-refractivity contribution in [2.24, 2.45) is 11.7 Å². The normalized spacial score (nSPS) is 17.4. The molecule has 2 aromatic rings. The Morgan fingerprint density at radius 1 is 0.941 bits per heavy atom. The van der Waals surface area contributed by atoms with E-state index >= 15 is 0 Å². The van der Waals surface area contributed by atoms with Crippen LogP contribution in [0.1, 0.15) is 74.7 Å². The molecule has 12 nitrogen and oxygen atoms in total. The van der Waals surface area contributed by atoms with Crippen molar-refractivity contribution in [3.63, 3.8) is 0 Å². The molecule has 1 aromatic carbocycles. The summed E-state index contributed by atoms with van der Waals surface area (Å²) in [7, 11) is 0. The molecular weight excluding hydrogens is 686 g/mol. The molecular formula is C33H42F6N8O4. The minimum atomic E-state index is -4.85. The van der Waals surface area contributed by atoms with Gasteiger partial charge in [0.2, 0.25) is 17.6 Å². The van der Waals surface area contributed by atoms with Crippen molar-refractivity contribution in [1.82, 2.24) is 20.6 Å². The van der Waals surface area contributed by atoms with Crippen molar-refractivity contribution >= 4 is 35.3 Å². The standard InChI is InChI=1S/C33H42F6N8O4/c34-32(35,36)22-8-5-20(6-9-22)11-15-42-29(49)24-14-18-47(24)27-19-26(44-31(45-27)33(37,38)39)46-16-12-21(13-17-46)7-10-28(48)43-23(30(50)51)3-1-2-4-25(40)41/h5-6,8-9,19,21,23-24H,1-4,7,10-18H2,(H3,40,41)(H,42,49)(H,43,48)(H,50,51)/t23-,24-/m0/s1. The number of aromatic nitrogens is 2. The quantitative estimate of drug-likeness (QED) is 0.0720. The zero-order valence-electron chi connectivity index (χ0n) is 27.8. The Labute approximate surface area is 290 Å². The van der Waals surface area contributed by atoms with Crippen LogP contribution in [0.2, 0.25) is 0 Å². The fraction of sp³-hybridized carbons (Fsp3) is 0.576. The first-order valence-electron chi connectivity index (χ1n) is 16.8. The van der Waals surface area contributed by atoms with Gasteiger partial charge < -0.3 is 31.3 Å². The Hall–Kier alpha value is -4.64. The number of nitrogens with one attached hydrogen (secondary N) is 3. The van der Waals surface area contributed by atoms with E-state index in [-0.39, 0.29) is 55.7 Å². The third-order valence-electron chi connectivity index (χ3n) is 9.10. The van der Waals surface area contributed by atoms with Gasteiger partial charge in [-0.3, -0.25) is 15.0 Å². The number of carbonyl (C=O) groups is 3. The Bertz CT molecular complexity index is 1530. The third-order valence-corrected chi connectivity index (χ3v) is 9.10. The summed E-state index contributed by atoms with van der Waals surface area (Å²) in [5.74, 6) is -3.21.